The summed E-state index contributed by atoms with van der Waals surface area (Å²) in [4.78, 5) is 1.20. The van der Waals surface area contributed by atoms with Crippen molar-refractivity contribution in [3.05, 3.63) is 29.6 Å². The number of aliphatic hydroxyl groups is 1. The van der Waals surface area contributed by atoms with Crippen molar-refractivity contribution in [2.75, 3.05) is 11.4 Å². The van der Waals surface area contributed by atoms with E-state index < -0.39 is 25.1 Å². The van der Waals surface area contributed by atoms with Crippen molar-refractivity contribution in [1.82, 2.24) is 0 Å². The average Bonchev–Trinajstić information content (AvgIpc) is 3.08. The van der Waals surface area contributed by atoms with Crippen LogP contribution >= 0.6 is 0 Å². The van der Waals surface area contributed by atoms with Crippen molar-refractivity contribution in [2.45, 2.75) is 31.7 Å². The maximum absolute atomic E-state index is 13.0. The summed E-state index contributed by atoms with van der Waals surface area (Å²) in [5.74, 6) is -0.564. The Hall–Kier alpha value is -1.30. The number of aliphatic hydroxyl groups excluding tert-OH is 1. The van der Waals surface area contributed by atoms with E-state index in [0.29, 0.717) is 12.8 Å². The third-order valence-corrected chi connectivity index (χ3v) is 2.86. The van der Waals surface area contributed by atoms with Crippen LogP contribution in [0.4, 0.5) is 23.2 Å². The maximum atomic E-state index is 13.0. The van der Waals surface area contributed by atoms with Crippen LogP contribution in [0.2, 0.25) is 0 Å². The number of halogens is 4. The number of hydrogen-bond donors (Lipinski definition) is 1. The van der Waals surface area contributed by atoms with E-state index in [1.54, 1.807) is 0 Å². The summed E-state index contributed by atoms with van der Waals surface area (Å²) in [5.41, 5.74) is 0.449. The normalized spacial score (nSPS) is 15.8. The van der Waals surface area contributed by atoms with Crippen LogP contribution in [-0.2, 0) is 6.61 Å². The number of nitrogens with zero attached hydrogens (tertiary/aromatic N) is 1. The number of hydrogen-bond acceptors (Lipinski definition) is 2. The minimum atomic E-state index is -4.32. The molecule has 0 bridgehead atoms. The van der Waals surface area contributed by atoms with Gasteiger partial charge in [0.05, 0.1) is 6.61 Å². The van der Waals surface area contributed by atoms with Crippen molar-refractivity contribution < 1.29 is 22.7 Å². The molecule has 0 amide bonds. The second-order valence-corrected chi connectivity index (χ2v) is 4.41. The molecule has 0 saturated heterocycles. The van der Waals surface area contributed by atoms with Gasteiger partial charge in [-0.05, 0) is 31.0 Å². The Balaban J connectivity index is 2.30. The number of benzene rings is 1. The fraction of sp³-hybridized carbons (Fsp3) is 0.500. The monoisotopic (exact) mass is 263 g/mol. The van der Waals surface area contributed by atoms with E-state index in [1.807, 2.05) is 0 Å². The van der Waals surface area contributed by atoms with E-state index in [0.717, 1.165) is 12.1 Å². The highest BCUT2D eigenvalue weighted by Gasteiger charge is 2.38. The molecular weight excluding hydrogens is 250 g/mol. The van der Waals surface area contributed by atoms with Gasteiger partial charge in [0.2, 0.25) is 0 Å². The van der Waals surface area contributed by atoms with E-state index in [9.17, 15) is 17.6 Å². The molecule has 1 fully saturated rings. The van der Waals surface area contributed by atoms with Gasteiger partial charge < -0.3 is 10.0 Å². The van der Waals surface area contributed by atoms with Gasteiger partial charge in [0.1, 0.15) is 12.4 Å². The first-order valence-corrected chi connectivity index (χ1v) is 5.63. The van der Waals surface area contributed by atoms with Crippen LogP contribution in [0.25, 0.3) is 0 Å². The summed E-state index contributed by atoms with van der Waals surface area (Å²) < 4.78 is 50.5. The quantitative estimate of drug-likeness (QED) is 0.844. The van der Waals surface area contributed by atoms with Crippen molar-refractivity contribution in [3.63, 3.8) is 0 Å². The standard InChI is InChI=1S/C12H13F4NO/c13-9-1-4-11(8(5-9)6-18)17(10-2-3-10)7-12(14,15)16/h1,4-5,10,18H,2-3,6-7H2. The molecule has 0 aliphatic heterocycles. The van der Waals surface area contributed by atoms with E-state index in [4.69, 9.17) is 5.11 Å². The maximum Gasteiger partial charge on any atom is 0.405 e. The van der Waals surface area contributed by atoms with Gasteiger partial charge in [0.15, 0.2) is 0 Å². The van der Waals surface area contributed by atoms with Crippen molar-refractivity contribution in [3.8, 4) is 0 Å². The fourth-order valence-corrected chi connectivity index (χ4v) is 1.95. The molecule has 1 aromatic rings. The Labute approximate surface area is 102 Å². The molecule has 6 heteroatoms. The van der Waals surface area contributed by atoms with Crippen LogP contribution in [0, 0.1) is 5.82 Å². The minimum absolute atomic E-state index is 0.164. The van der Waals surface area contributed by atoms with E-state index in [-0.39, 0.29) is 17.3 Å². The number of rotatable bonds is 4. The highest BCUT2D eigenvalue weighted by Crippen LogP contribution is 2.36. The van der Waals surface area contributed by atoms with Crippen molar-refractivity contribution in [1.29, 1.82) is 0 Å². The summed E-state index contributed by atoms with van der Waals surface area (Å²) in [6.45, 7) is -1.55. The number of alkyl halides is 3. The third-order valence-electron chi connectivity index (χ3n) is 2.86. The predicted octanol–water partition coefficient (Wildman–Crippen LogP) is 2.85. The van der Waals surface area contributed by atoms with Gasteiger partial charge >= 0.3 is 6.18 Å². The first-order chi connectivity index (χ1) is 8.40. The smallest absolute Gasteiger partial charge is 0.392 e. The van der Waals surface area contributed by atoms with Gasteiger partial charge in [-0.3, -0.25) is 0 Å². The lowest BCUT2D eigenvalue weighted by atomic mass is 10.1. The Morgan fingerprint density at radius 2 is 1.94 bits per heavy atom. The van der Waals surface area contributed by atoms with Crippen molar-refractivity contribution in [2.24, 2.45) is 0 Å². The van der Waals surface area contributed by atoms with Gasteiger partial charge in [-0.15, -0.1) is 0 Å². The van der Waals surface area contributed by atoms with Gasteiger partial charge in [-0.25, -0.2) is 4.39 Å². The van der Waals surface area contributed by atoms with E-state index >= 15 is 0 Å². The Morgan fingerprint density at radius 3 is 2.44 bits per heavy atom. The summed E-state index contributed by atoms with van der Waals surface area (Å²) in [6, 6.07) is 3.31. The van der Waals surface area contributed by atoms with Crippen LogP contribution in [0.1, 0.15) is 18.4 Å². The highest BCUT2D eigenvalue weighted by molar-refractivity contribution is 5.55. The first-order valence-electron chi connectivity index (χ1n) is 5.63. The van der Waals surface area contributed by atoms with Gasteiger partial charge in [-0.1, -0.05) is 0 Å². The summed E-state index contributed by atoms with van der Waals surface area (Å²) in [7, 11) is 0. The molecule has 0 unspecified atom stereocenters. The summed E-state index contributed by atoms with van der Waals surface area (Å²) in [6.07, 6.45) is -2.93. The molecular formula is C12H13F4NO. The lowest BCUT2D eigenvalue weighted by molar-refractivity contribution is -0.120. The molecule has 0 aromatic heterocycles. The molecule has 1 aliphatic carbocycles. The molecule has 0 heterocycles. The molecule has 2 rings (SSSR count). The van der Waals surface area contributed by atoms with Crippen LogP contribution in [-0.4, -0.2) is 23.9 Å². The Kier molecular flexibility index (Phi) is 3.47. The zero-order chi connectivity index (χ0) is 13.3. The molecule has 1 aromatic carbocycles. The lowest BCUT2D eigenvalue weighted by Gasteiger charge is -2.27. The average molecular weight is 263 g/mol. The van der Waals surface area contributed by atoms with E-state index in [2.05, 4.69) is 0 Å². The lowest BCUT2D eigenvalue weighted by Crippen LogP contribution is -2.36. The zero-order valence-electron chi connectivity index (χ0n) is 9.54. The van der Waals surface area contributed by atoms with Crippen LogP contribution in [0.5, 0.6) is 0 Å². The van der Waals surface area contributed by atoms with Crippen LogP contribution < -0.4 is 4.90 Å². The predicted molar refractivity (Wildman–Crippen MR) is 58.7 cm³/mol. The Morgan fingerprint density at radius 1 is 1.28 bits per heavy atom. The first kappa shape index (κ1) is 13.1. The molecule has 0 atom stereocenters. The fourth-order valence-electron chi connectivity index (χ4n) is 1.95. The largest absolute Gasteiger partial charge is 0.405 e. The summed E-state index contributed by atoms with van der Waals surface area (Å²) >= 11 is 0. The Bertz CT molecular complexity index is 429. The molecule has 1 N–H and O–H groups in total. The molecule has 0 radical (unpaired) electrons. The molecule has 18 heavy (non-hydrogen) atoms. The molecule has 1 aliphatic rings. The van der Waals surface area contributed by atoms with Gasteiger partial charge in [0.25, 0.3) is 0 Å². The molecule has 1 saturated carbocycles. The second kappa shape index (κ2) is 4.76. The van der Waals surface area contributed by atoms with Crippen molar-refractivity contribution >= 4 is 5.69 Å². The van der Waals surface area contributed by atoms with E-state index in [1.165, 1.54) is 11.0 Å². The van der Waals surface area contributed by atoms with Crippen LogP contribution in [0.15, 0.2) is 18.2 Å². The minimum Gasteiger partial charge on any atom is -0.392 e. The van der Waals surface area contributed by atoms with Gasteiger partial charge in [0, 0.05) is 17.3 Å². The second-order valence-electron chi connectivity index (χ2n) is 4.41. The molecule has 0 spiro atoms. The molecule has 100 valence electrons. The highest BCUT2D eigenvalue weighted by atomic mass is 19.4. The van der Waals surface area contributed by atoms with Crippen LogP contribution in [0.3, 0.4) is 0 Å². The number of anilines is 1. The third kappa shape index (κ3) is 3.13. The topological polar surface area (TPSA) is 23.5 Å². The zero-order valence-corrected chi connectivity index (χ0v) is 9.54. The summed E-state index contributed by atoms with van der Waals surface area (Å²) in [5, 5.41) is 9.12. The van der Waals surface area contributed by atoms with Gasteiger partial charge in [-0.2, -0.15) is 13.2 Å². The molecule has 2 nitrogen and oxygen atoms in total. The SMILES string of the molecule is OCc1cc(F)ccc1N(CC(F)(F)F)C1CC1.